The fraction of sp³-hybridized carbons (Fsp3) is 0.882. The van der Waals surface area contributed by atoms with Gasteiger partial charge in [0.1, 0.15) is 18.2 Å². The standard InChI is InChI=1S/C17H28N2O9/c1-10(2)14(18)17(21)28-12-9-25-15-11(8-24-16(12)15)27-13(20)6-4-3-5-7-26-19(22)23/h10-12,14-16H,3-9,18H2,1-2H3/t11-,12-,14+,15-,16-/m1/s1. The van der Waals surface area contributed by atoms with Crippen LogP contribution in [0.4, 0.5) is 0 Å². The van der Waals surface area contributed by atoms with Crippen LogP contribution in [0.2, 0.25) is 0 Å². The molecule has 0 aromatic rings. The molecule has 2 heterocycles. The maximum atomic E-state index is 12.0. The summed E-state index contributed by atoms with van der Waals surface area (Å²) in [4.78, 5) is 38.2. The van der Waals surface area contributed by atoms with Crippen LogP contribution in [0.5, 0.6) is 0 Å². The van der Waals surface area contributed by atoms with E-state index in [1.54, 1.807) is 0 Å². The first-order valence-electron chi connectivity index (χ1n) is 9.45. The molecule has 2 rings (SSSR count). The third-order valence-corrected chi connectivity index (χ3v) is 4.73. The molecule has 2 aliphatic heterocycles. The summed E-state index contributed by atoms with van der Waals surface area (Å²) in [6.07, 6.45) is -0.277. The molecular weight excluding hydrogens is 376 g/mol. The molecule has 0 saturated carbocycles. The number of rotatable bonds is 11. The Hall–Kier alpha value is -1.98. The van der Waals surface area contributed by atoms with Crippen LogP contribution in [-0.4, -0.2) is 67.3 Å². The molecule has 160 valence electrons. The Kier molecular flexibility index (Phi) is 8.39. The minimum atomic E-state index is -0.840. The number of hydrogen-bond acceptors (Lipinski definition) is 10. The Labute approximate surface area is 162 Å². The Morgan fingerprint density at radius 3 is 2.29 bits per heavy atom. The first kappa shape index (κ1) is 22.3. The maximum absolute atomic E-state index is 12.0. The quantitative estimate of drug-likeness (QED) is 0.221. The van der Waals surface area contributed by atoms with E-state index >= 15 is 0 Å². The first-order chi connectivity index (χ1) is 13.3. The van der Waals surface area contributed by atoms with Gasteiger partial charge in [0.15, 0.2) is 12.2 Å². The van der Waals surface area contributed by atoms with E-state index in [-0.39, 0.29) is 32.2 Å². The van der Waals surface area contributed by atoms with Gasteiger partial charge in [0.25, 0.3) is 5.09 Å². The van der Waals surface area contributed by atoms with Gasteiger partial charge in [-0.15, -0.1) is 10.1 Å². The summed E-state index contributed by atoms with van der Waals surface area (Å²) in [5.74, 6) is -0.945. The summed E-state index contributed by atoms with van der Waals surface area (Å²) >= 11 is 0. The van der Waals surface area contributed by atoms with Gasteiger partial charge < -0.3 is 29.5 Å². The normalized spacial score (nSPS) is 27.3. The highest BCUT2D eigenvalue weighted by molar-refractivity contribution is 5.76. The Bertz CT molecular complexity index is 557. The van der Waals surface area contributed by atoms with Crippen LogP contribution in [0.25, 0.3) is 0 Å². The van der Waals surface area contributed by atoms with Crippen molar-refractivity contribution in [2.24, 2.45) is 11.7 Å². The van der Waals surface area contributed by atoms with Crippen LogP contribution in [0.3, 0.4) is 0 Å². The number of carbonyl (C=O) groups excluding carboxylic acids is 2. The van der Waals surface area contributed by atoms with Crippen molar-refractivity contribution in [2.75, 3.05) is 19.8 Å². The van der Waals surface area contributed by atoms with E-state index in [9.17, 15) is 19.7 Å². The molecule has 0 aromatic carbocycles. The van der Waals surface area contributed by atoms with E-state index < -0.39 is 47.5 Å². The minimum absolute atomic E-state index is 0.0106. The molecule has 5 atom stereocenters. The average molecular weight is 404 g/mol. The number of esters is 2. The number of nitrogens with zero attached hydrogens (tertiary/aromatic N) is 1. The molecule has 0 spiro atoms. The second-order valence-corrected chi connectivity index (χ2v) is 7.24. The smallest absolute Gasteiger partial charge is 0.323 e. The number of nitrogens with two attached hydrogens (primary N) is 1. The third-order valence-electron chi connectivity index (χ3n) is 4.73. The molecule has 0 aliphatic carbocycles. The van der Waals surface area contributed by atoms with Gasteiger partial charge in [0, 0.05) is 6.42 Å². The average Bonchev–Trinajstić information content (AvgIpc) is 3.20. The van der Waals surface area contributed by atoms with E-state index in [1.807, 2.05) is 13.8 Å². The molecule has 0 radical (unpaired) electrons. The zero-order valence-corrected chi connectivity index (χ0v) is 16.1. The van der Waals surface area contributed by atoms with Crippen molar-refractivity contribution in [3.05, 3.63) is 10.1 Å². The molecule has 2 saturated heterocycles. The molecule has 0 unspecified atom stereocenters. The van der Waals surface area contributed by atoms with Crippen LogP contribution < -0.4 is 5.73 Å². The number of hydrogen-bond donors (Lipinski definition) is 1. The molecule has 2 fully saturated rings. The largest absolute Gasteiger partial charge is 0.457 e. The number of ether oxygens (including phenoxy) is 4. The van der Waals surface area contributed by atoms with Crippen molar-refractivity contribution in [1.29, 1.82) is 0 Å². The zero-order chi connectivity index (χ0) is 20.7. The topological polar surface area (TPSA) is 149 Å². The Morgan fingerprint density at radius 2 is 1.71 bits per heavy atom. The highest BCUT2D eigenvalue weighted by Crippen LogP contribution is 2.31. The van der Waals surface area contributed by atoms with Crippen molar-refractivity contribution in [3.8, 4) is 0 Å². The van der Waals surface area contributed by atoms with E-state index in [0.717, 1.165) is 0 Å². The fourth-order valence-corrected chi connectivity index (χ4v) is 3.05. The fourth-order valence-electron chi connectivity index (χ4n) is 3.05. The summed E-state index contributed by atoms with van der Waals surface area (Å²) in [5.41, 5.74) is 5.79. The lowest BCUT2D eigenvalue weighted by Crippen LogP contribution is -2.42. The summed E-state index contributed by atoms with van der Waals surface area (Å²) < 4.78 is 22.1. The maximum Gasteiger partial charge on any atom is 0.323 e. The second-order valence-electron chi connectivity index (χ2n) is 7.24. The predicted molar refractivity (Wildman–Crippen MR) is 93.5 cm³/mol. The highest BCUT2D eigenvalue weighted by atomic mass is 16.9. The van der Waals surface area contributed by atoms with E-state index in [1.165, 1.54) is 0 Å². The van der Waals surface area contributed by atoms with Crippen molar-refractivity contribution in [2.45, 2.75) is 70.0 Å². The van der Waals surface area contributed by atoms with Gasteiger partial charge in [0.05, 0.1) is 19.8 Å². The van der Waals surface area contributed by atoms with Crippen molar-refractivity contribution in [1.82, 2.24) is 0 Å². The minimum Gasteiger partial charge on any atom is -0.457 e. The van der Waals surface area contributed by atoms with Gasteiger partial charge in [0.2, 0.25) is 0 Å². The molecule has 11 heteroatoms. The molecule has 2 N–H and O–H groups in total. The van der Waals surface area contributed by atoms with E-state index in [4.69, 9.17) is 24.7 Å². The van der Waals surface area contributed by atoms with Crippen molar-refractivity contribution < 1.29 is 38.5 Å². The number of unbranched alkanes of at least 4 members (excludes halogenated alkanes) is 2. The SMILES string of the molecule is CC(C)[C@H](N)C(=O)O[C@@H]1CO[C@H]2[C@@H]1OC[C@H]2OC(=O)CCCCCO[N+](=O)[O-]. The zero-order valence-electron chi connectivity index (χ0n) is 16.1. The third kappa shape index (κ3) is 6.28. The van der Waals surface area contributed by atoms with E-state index in [2.05, 4.69) is 4.84 Å². The molecule has 11 nitrogen and oxygen atoms in total. The van der Waals surface area contributed by atoms with Gasteiger partial charge in [-0.1, -0.05) is 20.3 Å². The number of carbonyl (C=O) groups is 2. The lowest BCUT2D eigenvalue weighted by Gasteiger charge is -2.20. The summed E-state index contributed by atoms with van der Waals surface area (Å²) in [6.45, 7) is 4.00. The molecular formula is C17H28N2O9. The number of fused-ring (bicyclic) bond motifs is 1. The monoisotopic (exact) mass is 404 g/mol. The lowest BCUT2D eigenvalue weighted by atomic mass is 10.1. The predicted octanol–water partition coefficient (Wildman–Crippen LogP) is 0.360. The first-order valence-corrected chi connectivity index (χ1v) is 9.45. The molecule has 28 heavy (non-hydrogen) atoms. The highest BCUT2D eigenvalue weighted by Gasteiger charge is 2.51. The summed E-state index contributed by atoms with van der Waals surface area (Å²) in [7, 11) is 0. The van der Waals surface area contributed by atoms with E-state index in [0.29, 0.717) is 19.3 Å². The van der Waals surface area contributed by atoms with Crippen LogP contribution in [0.15, 0.2) is 0 Å². The Balaban J connectivity index is 1.68. The Morgan fingerprint density at radius 1 is 1.11 bits per heavy atom. The van der Waals surface area contributed by atoms with Gasteiger partial charge in [-0.05, 0) is 18.8 Å². The summed E-state index contributed by atoms with van der Waals surface area (Å²) in [5, 5.41) is 9.18. The molecule has 0 amide bonds. The molecule has 2 aliphatic rings. The lowest BCUT2D eigenvalue weighted by molar-refractivity contribution is -0.757. The molecule has 0 bridgehead atoms. The van der Waals surface area contributed by atoms with Gasteiger partial charge in [-0.25, -0.2) is 0 Å². The molecule has 0 aromatic heterocycles. The van der Waals surface area contributed by atoms with Crippen molar-refractivity contribution in [3.63, 3.8) is 0 Å². The van der Waals surface area contributed by atoms with Crippen LogP contribution in [0.1, 0.15) is 39.5 Å². The van der Waals surface area contributed by atoms with Crippen LogP contribution in [-0.2, 0) is 33.4 Å². The van der Waals surface area contributed by atoms with Gasteiger partial charge >= 0.3 is 11.9 Å². The van der Waals surface area contributed by atoms with Gasteiger partial charge in [-0.2, -0.15) is 0 Å². The van der Waals surface area contributed by atoms with Crippen LogP contribution in [0, 0.1) is 16.0 Å². The van der Waals surface area contributed by atoms with Crippen LogP contribution >= 0.6 is 0 Å². The van der Waals surface area contributed by atoms with Gasteiger partial charge in [-0.3, -0.25) is 9.59 Å². The van der Waals surface area contributed by atoms with Crippen molar-refractivity contribution >= 4 is 11.9 Å². The summed E-state index contributed by atoms with van der Waals surface area (Å²) in [6, 6.07) is -0.718. The second kappa shape index (κ2) is 10.5.